The van der Waals surface area contributed by atoms with Gasteiger partial charge in [-0.15, -0.1) is 0 Å². The molecule has 0 aromatic carbocycles. The summed E-state index contributed by atoms with van der Waals surface area (Å²) in [5.74, 6) is 0.598. The lowest BCUT2D eigenvalue weighted by molar-refractivity contribution is 0.328. The van der Waals surface area contributed by atoms with Crippen LogP contribution in [0.25, 0.3) is 16.8 Å². The minimum absolute atomic E-state index is 0.574. The Morgan fingerprint density at radius 1 is 1.32 bits per heavy atom. The third kappa shape index (κ3) is 2.31. The Balaban J connectivity index is 2.13. The number of nitrogens with zero attached hydrogens (tertiary/aromatic N) is 4. The third-order valence-electron chi connectivity index (χ3n) is 2.65. The fourth-order valence-corrected chi connectivity index (χ4v) is 2.17. The van der Waals surface area contributed by atoms with E-state index in [4.69, 9.17) is 4.74 Å². The Labute approximate surface area is 118 Å². The summed E-state index contributed by atoms with van der Waals surface area (Å²) < 4.78 is 8.03. The van der Waals surface area contributed by atoms with E-state index in [1.807, 2.05) is 31.2 Å². The molecule has 0 aliphatic rings. The van der Waals surface area contributed by atoms with Crippen LogP contribution in [0.15, 0.2) is 41.4 Å². The van der Waals surface area contributed by atoms with Crippen LogP contribution in [-0.2, 0) is 0 Å². The minimum Gasteiger partial charge on any atom is -0.477 e. The molecule has 0 N–H and O–H groups in total. The number of fused-ring (bicyclic) bond motifs is 1. The Hall–Kier alpha value is -1.95. The first-order valence-electron chi connectivity index (χ1n) is 5.87. The first-order chi connectivity index (χ1) is 9.28. The number of pyridine rings is 1. The van der Waals surface area contributed by atoms with Gasteiger partial charge in [0.1, 0.15) is 10.9 Å². The van der Waals surface area contributed by atoms with Crippen LogP contribution >= 0.6 is 15.9 Å². The van der Waals surface area contributed by atoms with E-state index >= 15 is 0 Å². The van der Waals surface area contributed by atoms with E-state index in [-0.39, 0.29) is 0 Å². The Morgan fingerprint density at radius 3 is 3.05 bits per heavy atom. The van der Waals surface area contributed by atoms with Crippen molar-refractivity contribution < 1.29 is 4.74 Å². The second-order valence-corrected chi connectivity index (χ2v) is 4.71. The van der Waals surface area contributed by atoms with E-state index in [0.29, 0.717) is 12.5 Å². The molecule has 0 atom stereocenters. The molecule has 0 saturated heterocycles. The third-order valence-corrected chi connectivity index (χ3v) is 3.08. The molecule has 0 saturated carbocycles. The Bertz CT molecular complexity index is 725. The van der Waals surface area contributed by atoms with Crippen LogP contribution < -0.4 is 4.74 Å². The highest BCUT2D eigenvalue weighted by Gasteiger charge is 2.11. The molecule has 6 heteroatoms. The molecule has 3 aromatic heterocycles. The van der Waals surface area contributed by atoms with E-state index < -0.39 is 0 Å². The van der Waals surface area contributed by atoms with Gasteiger partial charge in [0.15, 0.2) is 0 Å². The molecule has 96 valence electrons. The highest BCUT2D eigenvalue weighted by Crippen LogP contribution is 2.27. The average molecular weight is 319 g/mol. The number of hydrogen-bond donors (Lipinski definition) is 0. The molecular formula is C13H11BrN4O. The highest BCUT2D eigenvalue weighted by molar-refractivity contribution is 9.10. The standard InChI is InChI=1S/C13H11BrN4O/c1-2-19-13-10(4-3-5-15-13)11-6-9-7-12(14)16-8-18(9)17-11/h3-8H,2H2,1H3. The van der Waals surface area contributed by atoms with E-state index in [2.05, 4.69) is 31.0 Å². The van der Waals surface area contributed by atoms with Crippen molar-refractivity contribution in [3.8, 4) is 17.1 Å². The molecule has 0 fully saturated rings. The second-order valence-electron chi connectivity index (χ2n) is 3.90. The van der Waals surface area contributed by atoms with Gasteiger partial charge < -0.3 is 4.74 Å². The van der Waals surface area contributed by atoms with Crippen LogP contribution in [0.5, 0.6) is 5.88 Å². The number of hydrogen-bond acceptors (Lipinski definition) is 4. The molecule has 0 aliphatic carbocycles. The van der Waals surface area contributed by atoms with Gasteiger partial charge >= 0.3 is 0 Å². The van der Waals surface area contributed by atoms with Gasteiger partial charge in [-0.1, -0.05) is 0 Å². The zero-order valence-corrected chi connectivity index (χ0v) is 11.8. The van der Waals surface area contributed by atoms with Crippen molar-refractivity contribution in [1.29, 1.82) is 0 Å². The van der Waals surface area contributed by atoms with Crippen LogP contribution in [0, 0.1) is 0 Å². The van der Waals surface area contributed by atoms with Crippen molar-refractivity contribution in [1.82, 2.24) is 19.6 Å². The summed E-state index contributed by atoms with van der Waals surface area (Å²) in [5.41, 5.74) is 2.66. The molecule has 3 aromatic rings. The van der Waals surface area contributed by atoms with Crippen molar-refractivity contribution in [3.63, 3.8) is 0 Å². The molecule has 3 rings (SSSR count). The lowest BCUT2D eigenvalue weighted by Crippen LogP contribution is -1.97. The van der Waals surface area contributed by atoms with Gasteiger partial charge in [0.25, 0.3) is 0 Å². The quantitative estimate of drug-likeness (QED) is 0.697. The number of halogens is 1. The fraction of sp³-hybridized carbons (Fsp3) is 0.154. The number of aromatic nitrogens is 4. The van der Waals surface area contributed by atoms with Crippen LogP contribution in [0.4, 0.5) is 0 Å². The SMILES string of the molecule is CCOc1ncccc1-c1cc2cc(Br)ncn2n1. The van der Waals surface area contributed by atoms with Crippen molar-refractivity contribution in [2.75, 3.05) is 6.61 Å². The smallest absolute Gasteiger partial charge is 0.222 e. The predicted octanol–water partition coefficient (Wildman–Crippen LogP) is 2.95. The van der Waals surface area contributed by atoms with Gasteiger partial charge in [0, 0.05) is 6.20 Å². The van der Waals surface area contributed by atoms with Crippen molar-refractivity contribution in [2.24, 2.45) is 0 Å². The maximum Gasteiger partial charge on any atom is 0.222 e. The topological polar surface area (TPSA) is 52.3 Å². The van der Waals surface area contributed by atoms with Gasteiger partial charge in [0.05, 0.1) is 23.4 Å². The summed E-state index contributed by atoms with van der Waals surface area (Å²) in [6.45, 7) is 2.51. The van der Waals surface area contributed by atoms with Crippen LogP contribution in [0.1, 0.15) is 6.92 Å². The largest absolute Gasteiger partial charge is 0.477 e. The summed E-state index contributed by atoms with van der Waals surface area (Å²) in [6, 6.07) is 7.71. The van der Waals surface area contributed by atoms with Crippen LogP contribution in [-0.4, -0.2) is 26.2 Å². The number of ether oxygens (including phenoxy) is 1. The van der Waals surface area contributed by atoms with Crippen molar-refractivity contribution >= 4 is 21.4 Å². The Morgan fingerprint density at radius 2 is 2.21 bits per heavy atom. The first-order valence-corrected chi connectivity index (χ1v) is 6.66. The van der Waals surface area contributed by atoms with Crippen molar-refractivity contribution in [3.05, 3.63) is 41.4 Å². The first kappa shape index (κ1) is 12.1. The summed E-state index contributed by atoms with van der Waals surface area (Å²) in [4.78, 5) is 8.38. The van der Waals surface area contributed by atoms with E-state index in [9.17, 15) is 0 Å². The molecule has 0 radical (unpaired) electrons. The van der Waals surface area contributed by atoms with Gasteiger partial charge in [0.2, 0.25) is 5.88 Å². The zero-order valence-electron chi connectivity index (χ0n) is 10.2. The summed E-state index contributed by atoms with van der Waals surface area (Å²) in [6.07, 6.45) is 3.38. The Kier molecular flexibility index (Phi) is 3.16. The number of rotatable bonds is 3. The van der Waals surface area contributed by atoms with Gasteiger partial charge in [-0.3, -0.25) is 0 Å². The summed E-state index contributed by atoms with van der Waals surface area (Å²) >= 11 is 3.35. The second kappa shape index (κ2) is 4.97. The zero-order chi connectivity index (χ0) is 13.2. The summed E-state index contributed by atoms with van der Waals surface area (Å²) in [7, 11) is 0. The summed E-state index contributed by atoms with van der Waals surface area (Å²) in [5, 5.41) is 4.48. The molecular weight excluding hydrogens is 308 g/mol. The van der Waals surface area contributed by atoms with Gasteiger partial charge in [-0.05, 0) is 47.1 Å². The lowest BCUT2D eigenvalue weighted by Gasteiger charge is -2.05. The predicted molar refractivity (Wildman–Crippen MR) is 75.1 cm³/mol. The molecule has 3 heterocycles. The van der Waals surface area contributed by atoms with Crippen molar-refractivity contribution in [2.45, 2.75) is 6.92 Å². The maximum atomic E-state index is 5.53. The van der Waals surface area contributed by atoms with E-state index in [1.54, 1.807) is 17.0 Å². The van der Waals surface area contributed by atoms with Gasteiger partial charge in [-0.2, -0.15) is 5.10 Å². The maximum absolute atomic E-state index is 5.53. The average Bonchev–Trinajstić information content (AvgIpc) is 2.82. The normalized spacial score (nSPS) is 10.8. The molecule has 0 spiro atoms. The van der Waals surface area contributed by atoms with Crippen LogP contribution in [0.2, 0.25) is 0 Å². The van der Waals surface area contributed by atoms with E-state index in [1.165, 1.54) is 0 Å². The van der Waals surface area contributed by atoms with E-state index in [0.717, 1.165) is 21.4 Å². The van der Waals surface area contributed by atoms with Crippen LogP contribution in [0.3, 0.4) is 0 Å². The van der Waals surface area contributed by atoms with Gasteiger partial charge in [-0.25, -0.2) is 14.5 Å². The molecule has 0 aliphatic heterocycles. The molecule has 0 amide bonds. The monoisotopic (exact) mass is 318 g/mol. The lowest BCUT2D eigenvalue weighted by atomic mass is 10.2. The molecule has 19 heavy (non-hydrogen) atoms. The molecule has 0 unspecified atom stereocenters. The fourth-order valence-electron chi connectivity index (χ4n) is 1.85. The molecule has 0 bridgehead atoms. The minimum atomic E-state index is 0.574. The highest BCUT2D eigenvalue weighted by atomic mass is 79.9. The molecule has 5 nitrogen and oxygen atoms in total.